The highest BCUT2D eigenvalue weighted by Gasteiger charge is 2.21. The third kappa shape index (κ3) is 2.42. The summed E-state index contributed by atoms with van der Waals surface area (Å²) in [5.74, 6) is 0. The molecular weight excluding hydrogens is 268 g/mol. The van der Waals surface area contributed by atoms with Gasteiger partial charge < -0.3 is 4.57 Å². The Kier molecular flexibility index (Phi) is 3.80. The van der Waals surface area contributed by atoms with E-state index in [0.29, 0.717) is 0 Å². The summed E-state index contributed by atoms with van der Waals surface area (Å²) in [6.45, 7) is 4.06. The number of aromatic nitrogens is 1. The van der Waals surface area contributed by atoms with Gasteiger partial charge in [-0.25, -0.2) is 0 Å². The van der Waals surface area contributed by atoms with Crippen molar-refractivity contribution >= 4 is 0 Å². The van der Waals surface area contributed by atoms with E-state index in [-0.39, 0.29) is 6.04 Å². The standard InChI is InChI=1S/C20H18N2/c1-15-13-16(2)22(19(15)14-21)20(17-9-5-3-6-10-17)18-11-7-4-8-12-18/h3-13,20H,1-2H3. The van der Waals surface area contributed by atoms with Crippen molar-refractivity contribution in [2.24, 2.45) is 0 Å². The molecule has 0 aliphatic rings. The quantitative estimate of drug-likeness (QED) is 0.691. The van der Waals surface area contributed by atoms with Gasteiger partial charge in [0.25, 0.3) is 0 Å². The molecule has 2 heteroatoms. The molecule has 1 aromatic heterocycles. The maximum atomic E-state index is 9.58. The Morgan fingerprint density at radius 3 is 1.82 bits per heavy atom. The molecule has 0 bridgehead atoms. The monoisotopic (exact) mass is 286 g/mol. The van der Waals surface area contributed by atoms with Crippen LogP contribution in [0.15, 0.2) is 66.7 Å². The highest BCUT2D eigenvalue weighted by Crippen LogP contribution is 2.31. The van der Waals surface area contributed by atoms with Crippen molar-refractivity contribution in [3.63, 3.8) is 0 Å². The lowest BCUT2D eigenvalue weighted by Crippen LogP contribution is -2.15. The Labute approximate surface area is 131 Å². The van der Waals surface area contributed by atoms with E-state index in [9.17, 15) is 5.26 Å². The van der Waals surface area contributed by atoms with Gasteiger partial charge in [0.15, 0.2) is 0 Å². The summed E-state index contributed by atoms with van der Waals surface area (Å²) in [6.07, 6.45) is 0. The molecule has 0 aliphatic heterocycles. The predicted octanol–water partition coefficient (Wildman–Crippen LogP) is 4.61. The van der Waals surface area contributed by atoms with Gasteiger partial charge in [-0.05, 0) is 36.6 Å². The van der Waals surface area contributed by atoms with Gasteiger partial charge in [-0.1, -0.05) is 60.7 Å². The van der Waals surface area contributed by atoms with Gasteiger partial charge in [0.1, 0.15) is 11.8 Å². The van der Waals surface area contributed by atoms with Crippen LogP contribution in [0.2, 0.25) is 0 Å². The summed E-state index contributed by atoms with van der Waals surface area (Å²) in [7, 11) is 0. The molecule has 0 fully saturated rings. The van der Waals surface area contributed by atoms with Gasteiger partial charge in [-0.2, -0.15) is 5.26 Å². The molecule has 3 aromatic rings. The second-order valence-electron chi connectivity index (χ2n) is 5.52. The number of benzene rings is 2. The average molecular weight is 286 g/mol. The largest absolute Gasteiger partial charge is 0.325 e. The minimum absolute atomic E-state index is 0.0192. The Morgan fingerprint density at radius 2 is 1.36 bits per heavy atom. The molecule has 0 amide bonds. The summed E-state index contributed by atoms with van der Waals surface area (Å²) < 4.78 is 2.14. The fourth-order valence-electron chi connectivity index (χ4n) is 3.05. The average Bonchev–Trinajstić information content (AvgIpc) is 2.84. The van der Waals surface area contributed by atoms with E-state index in [1.54, 1.807) is 0 Å². The van der Waals surface area contributed by atoms with Crippen molar-refractivity contribution in [1.29, 1.82) is 5.26 Å². The zero-order valence-electron chi connectivity index (χ0n) is 12.8. The van der Waals surface area contributed by atoms with Crippen LogP contribution in [0.25, 0.3) is 0 Å². The molecule has 0 N–H and O–H groups in total. The lowest BCUT2D eigenvalue weighted by atomic mass is 9.98. The van der Waals surface area contributed by atoms with Crippen LogP contribution in [-0.2, 0) is 0 Å². The lowest BCUT2D eigenvalue weighted by molar-refractivity contribution is 0.654. The predicted molar refractivity (Wildman–Crippen MR) is 88.7 cm³/mol. The van der Waals surface area contributed by atoms with Crippen LogP contribution >= 0.6 is 0 Å². The second kappa shape index (κ2) is 5.91. The van der Waals surface area contributed by atoms with Crippen molar-refractivity contribution < 1.29 is 0 Å². The number of nitrogens with zero attached hydrogens (tertiary/aromatic N) is 2. The number of rotatable bonds is 3. The molecule has 3 rings (SSSR count). The third-order valence-corrected chi connectivity index (χ3v) is 4.01. The molecule has 2 nitrogen and oxygen atoms in total. The molecule has 108 valence electrons. The van der Waals surface area contributed by atoms with Crippen LogP contribution in [0.3, 0.4) is 0 Å². The Balaban J connectivity index is 2.26. The molecule has 0 unspecified atom stereocenters. The molecular formula is C20H18N2. The van der Waals surface area contributed by atoms with Gasteiger partial charge in [-0.3, -0.25) is 0 Å². The lowest BCUT2D eigenvalue weighted by Gasteiger charge is -2.23. The molecule has 1 heterocycles. The minimum Gasteiger partial charge on any atom is -0.325 e. The zero-order chi connectivity index (χ0) is 15.5. The van der Waals surface area contributed by atoms with Crippen molar-refractivity contribution in [1.82, 2.24) is 4.57 Å². The molecule has 0 spiro atoms. The van der Waals surface area contributed by atoms with E-state index in [4.69, 9.17) is 0 Å². The smallest absolute Gasteiger partial charge is 0.124 e. The fourth-order valence-corrected chi connectivity index (χ4v) is 3.05. The first-order valence-electron chi connectivity index (χ1n) is 7.41. The SMILES string of the molecule is Cc1cc(C)n(C(c2ccccc2)c2ccccc2)c1C#N. The molecule has 0 atom stereocenters. The number of aryl methyl sites for hydroxylation is 2. The Hall–Kier alpha value is -2.79. The first-order valence-corrected chi connectivity index (χ1v) is 7.41. The first kappa shape index (κ1) is 14.2. The summed E-state index contributed by atoms with van der Waals surface area (Å²) in [6, 6.07) is 25.2. The van der Waals surface area contributed by atoms with E-state index in [1.807, 2.05) is 43.3 Å². The summed E-state index contributed by atoms with van der Waals surface area (Å²) in [4.78, 5) is 0. The second-order valence-corrected chi connectivity index (χ2v) is 5.52. The Morgan fingerprint density at radius 1 is 0.864 bits per heavy atom. The van der Waals surface area contributed by atoms with Crippen molar-refractivity contribution in [3.8, 4) is 6.07 Å². The number of nitriles is 1. The van der Waals surface area contributed by atoms with Crippen LogP contribution in [-0.4, -0.2) is 4.57 Å². The first-order chi connectivity index (χ1) is 10.7. The van der Waals surface area contributed by atoms with Crippen molar-refractivity contribution in [2.75, 3.05) is 0 Å². The van der Waals surface area contributed by atoms with Crippen molar-refractivity contribution in [2.45, 2.75) is 19.9 Å². The maximum absolute atomic E-state index is 9.58. The maximum Gasteiger partial charge on any atom is 0.124 e. The van der Waals surface area contributed by atoms with Gasteiger partial charge in [0.2, 0.25) is 0 Å². The van der Waals surface area contributed by atoms with E-state index < -0.39 is 0 Å². The topological polar surface area (TPSA) is 28.7 Å². The molecule has 0 aliphatic carbocycles. The highest BCUT2D eigenvalue weighted by molar-refractivity contribution is 5.42. The number of hydrogen-bond acceptors (Lipinski definition) is 1. The summed E-state index contributed by atoms with van der Waals surface area (Å²) >= 11 is 0. The highest BCUT2D eigenvalue weighted by atomic mass is 15.0. The molecule has 0 saturated heterocycles. The van der Waals surface area contributed by atoms with Crippen molar-refractivity contribution in [3.05, 3.63) is 94.8 Å². The van der Waals surface area contributed by atoms with Gasteiger partial charge in [-0.15, -0.1) is 0 Å². The van der Waals surface area contributed by atoms with E-state index >= 15 is 0 Å². The molecule has 0 radical (unpaired) electrons. The van der Waals surface area contributed by atoms with E-state index in [0.717, 1.165) is 17.0 Å². The van der Waals surface area contributed by atoms with Crippen LogP contribution < -0.4 is 0 Å². The van der Waals surface area contributed by atoms with E-state index in [2.05, 4.69) is 47.9 Å². The van der Waals surface area contributed by atoms with E-state index in [1.165, 1.54) is 11.1 Å². The van der Waals surface area contributed by atoms with Crippen LogP contribution in [0.5, 0.6) is 0 Å². The minimum atomic E-state index is 0.0192. The van der Waals surface area contributed by atoms with Crippen LogP contribution in [0, 0.1) is 25.2 Å². The normalized spacial score (nSPS) is 10.6. The summed E-state index contributed by atoms with van der Waals surface area (Å²) in [5, 5.41) is 9.58. The molecule has 0 saturated carbocycles. The molecule has 22 heavy (non-hydrogen) atoms. The van der Waals surface area contributed by atoms with Gasteiger partial charge >= 0.3 is 0 Å². The van der Waals surface area contributed by atoms with Gasteiger partial charge in [0.05, 0.1) is 6.04 Å². The van der Waals surface area contributed by atoms with Crippen LogP contribution in [0.1, 0.15) is 34.1 Å². The number of hydrogen-bond donors (Lipinski definition) is 0. The molecule has 2 aromatic carbocycles. The van der Waals surface area contributed by atoms with Gasteiger partial charge in [0, 0.05) is 5.69 Å². The van der Waals surface area contributed by atoms with Crippen LogP contribution in [0.4, 0.5) is 0 Å². The fraction of sp³-hybridized carbons (Fsp3) is 0.150. The zero-order valence-corrected chi connectivity index (χ0v) is 12.8. The Bertz CT molecular complexity index is 769. The summed E-state index contributed by atoms with van der Waals surface area (Å²) in [5.41, 5.74) is 5.23. The third-order valence-electron chi connectivity index (χ3n) is 4.01.